The van der Waals surface area contributed by atoms with Gasteiger partial charge in [-0.05, 0) is 77.1 Å². The van der Waals surface area contributed by atoms with Crippen molar-refractivity contribution in [3.8, 4) is 5.75 Å². The molecular weight excluding hydrogens is 492 g/mol. The molecule has 2 rings (SSSR count). The molecule has 0 unspecified atom stereocenters. The maximum atomic E-state index is 6.29. The van der Waals surface area contributed by atoms with E-state index in [-0.39, 0.29) is 0 Å². The highest BCUT2D eigenvalue weighted by molar-refractivity contribution is 14.1. The van der Waals surface area contributed by atoms with Crippen molar-refractivity contribution in [2.24, 2.45) is 5.10 Å². The van der Waals surface area contributed by atoms with Crippen LogP contribution in [0.3, 0.4) is 0 Å². The van der Waals surface area contributed by atoms with Crippen LogP contribution in [0.25, 0.3) is 0 Å². The van der Waals surface area contributed by atoms with Crippen LogP contribution in [-0.2, 0) is 6.61 Å². The zero-order chi connectivity index (χ0) is 18.2. The number of hydrazone groups is 1. The van der Waals surface area contributed by atoms with Gasteiger partial charge in [0, 0.05) is 10.1 Å². The number of nitrogens with zero attached hydrogens (tertiary/aromatic N) is 1. The highest BCUT2D eigenvalue weighted by Crippen LogP contribution is 2.34. The van der Waals surface area contributed by atoms with Crippen molar-refractivity contribution < 1.29 is 4.74 Å². The maximum absolute atomic E-state index is 6.29. The molecule has 8 heteroatoms. The molecule has 0 aliphatic rings. The molecule has 4 nitrogen and oxygen atoms in total. The van der Waals surface area contributed by atoms with E-state index in [4.69, 9.17) is 40.2 Å². The Kier molecular flexibility index (Phi) is 8.21. The average Bonchev–Trinajstić information content (AvgIpc) is 2.56. The van der Waals surface area contributed by atoms with E-state index in [1.54, 1.807) is 18.3 Å². The summed E-state index contributed by atoms with van der Waals surface area (Å²) in [6.07, 6.45) is 1.59. The van der Waals surface area contributed by atoms with Crippen molar-refractivity contribution in [1.29, 1.82) is 0 Å². The Morgan fingerprint density at radius 3 is 2.48 bits per heavy atom. The normalized spacial score (nSPS) is 10.7. The van der Waals surface area contributed by atoms with Crippen molar-refractivity contribution in [2.75, 3.05) is 6.54 Å². The molecule has 2 aromatic rings. The second kappa shape index (κ2) is 10.2. The highest BCUT2D eigenvalue weighted by atomic mass is 127. The van der Waals surface area contributed by atoms with Crippen LogP contribution in [0.2, 0.25) is 10.0 Å². The topological polar surface area (TPSA) is 45.7 Å². The molecule has 0 spiro atoms. The van der Waals surface area contributed by atoms with Gasteiger partial charge in [0.25, 0.3) is 0 Å². The molecule has 0 amide bonds. The molecule has 0 aromatic heterocycles. The molecule has 0 radical (unpaired) electrons. The SMILES string of the molecule is CCNC(=S)N/N=C\c1cc(Cl)c(OCc2ccc(I)cc2)c(Cl)c1. The van der Waals surface area contributed by atoms with Crippen molar-refractivity contribution in [3.63, 3.8) is 0 Å². The number of halogens is 3. The van der Waals surface area contributed by atoms with Gasteiger partial charge in [-0.15, -0.1) is 0 Å². The van der Waals surface area contributed by atoms with Crippen LogP contribution in [0, 0.1) is 3.57 Å². The third-order valence-corrected chi connectivity index (χ3v) is 4.55. The molecule has 0 aliphatic heterocycles. The van der Waals surface area contributed by atoms with Crippen molar-refractivity contribution in [3.05, 3.63) is 61.1 Å². The molecule has 132 valence electrons. The summed E-state index contributed by atoms with van der Waals surface area (Å²) in [6.45, 7) is 3.07. The fraction of sp³-hybridized carbons (Fsp3) is 0.176. The second-order valence-corrected chi connectivity index (χ2v) is 7.43. The number of hydrogen-bond acceptors (Lipinski definition) is 3. The van der Waals surface area contributed by atoms with Crippen LogP contribution in [0.5, 0.6) is 5.75 Å². The van der Waals surface area contributed by atoms with Crippen LogP contribution in [-0.4, -0.2) is 17.9 Å². The Balaban J connectivity index is 2.02. The summed E-state index contributed by atoms with van der Waals surface area (Å²) in [5, 5.41) is 8.27. The van der Waals surface area contributed by atoms with Crippen LogP contribution >= 0.6 is 58.0 Å². The zero-order valence-electron chi connectivity index (χ0n) is 13.4. The number of benzene rings is 2. The zero-order valence-corrected chi connectivity index (χ0v) is 17.8. The van der Waals surface area contributed by atoms with E-state index < -0.39 is 0 Å². The lowest BCUT2D eigenvalue weighted by Crippen LogP contribution is -2.31. The molecular formula is C17H16Cl2IN3OS. The molecule has 0 fully saturated rings. The fourth-order valence-electron chi connectivity index (χ4n) is 1.89. The van der Waals surface area contributed by atoms with Gasteiger partial charge in [0.1, 0.15) is 6.61 Å². The predicted molar refractivity (Wildman–Crippen MR) is 117 cm³/mol. The fourth-order valence-corrected chi connectivity index (χ4v) is 3.06. The maximum Gasteiger partial charge on any atom is 0.186 e. The quantitative estimate of drug-likeness (QED) is 0.250. The van der Waals surface area contributed by atoms with Crippen LogP contribution < -0.4 is 15.5 Å². The molecule has 2 aromatic carbocycles. The number of rotatable bonds is 6. The van der Waals surface area contributed by atoms with Crippen LogP contribution in [0.1, 0.15) is 18.1 Å². The second-order valence-electron chi connectivity index (χ2n) is 4.96. The first-order chi connectivity index (χ1) is 12.0. The van der Waals surface area contributed by atoms with E-state index in [1.165, 1.54) is 3.57 Å². The summed E-state index contributed by atoms with van der Waals surface area (Å²) in [6, 6.07) is 11.5. The minimum atomic E-state index is 0.391. The number of ether oxygens (including phenoxy) is 1. The first-order valence-corrected chi connectivity index (χ1v) is 9.67. The first kappa shape index (κ1) is 20.2. The van der Waals surface area contributed by atoms with E-state index in [0.717, 1.165) is 17.7 Å². The van der Waals surface area contributed by atoms with Gasteiger partial charge in [-0.2, -0.15) is 5.10 Å². The molecule has 0 saturated carbocycles. The Morgan fingerprint density at radius 1 is 1.24 bits per heavy atom. The Labute approximate surface area is 176 Å². The largest absolute Gasteiger partial charge is 0.486 e. The smallest absolute Gasteiger partial charge is 0.186 e. The van der Waals surface area contributed by atoms with E-state index >= 15 is 0 Å². The lowest BCUT2D eigenvalue weighted by atomic mass is 10.2. The summed E-state index contributed by atoms with van der Waals surface area (Å²) in [4.78, 5) is 0. The predicted octanol–water partition coefficient (Wildman–Crippen LogP) is 4.99. The van der Waals surface area contributed by atoms with E-state index in [9.17, 15) is 0 Å². The molecule has 0 bridgehead atoms. The lowest BCUT2D eigenvalue weighted by Gasteiger charge is -2.11. The lowest BCUT2D eigenvalue weighted by molar-refractivity contribution is 0.306. The highest BCUT2D eigenvalue weighted by Gasteiger charge is 2.09. The molecule has 25 heavy (non-hydrogen) atoms. The third kappa shape index (κ3) is 6.62. The Hall–Kier alpha value is -1.09. The average molecular weight is 508 g/mol. The first-order valence-electron chi connectivity index (χ1n) is 7.42. The van der Waals surface area contributed by atoms with E-state index in [2.05, 4.69) is 38.4 Å². The van der Waals surface area contributed by atoms with Crippen LogP contribution in [0.15, 0.2) is 41.5 Å². The van der Waals surface area contributed by atoms with Gasteiger partial charge in [-0.3, -0.25) is 5.43 Å². The number of nitrogens with one attached hydrogen (secondary N) is 2. The van der Waals surface area contributed by atoms with E-state index in [1.807, 2.05) is 31.2 Å². The van der Waals surface area contributed by atoms with Crippen LogP contribution in [0.4, 0.5) is 0 Å². The number of hydrogen-bond donors (Lipinski definition) is 2. The molecule has 0 heterocycles. The Morgan fingerprint density at radius 2 is 1.88 bits per heavy atom. The standard InChI is InChI=1S/C17H16Cl2IN3OS/c1-2-21-17(25)23-22-9-12-7-14(18)16(15(19)8-12)24-10-11-3-5-13(20)6-4-11/h3-9H,2,10H2,1H3,(H2,21,23,25)/b22-9-. The third-order valence-electron chi connectivity index (χ3n) is 3.03. The molecule has 0 atom stereocenters. The van der Waals surface area contributed by atoms with E-state index in [0.29, 0.717) is 27.5 Å². The van der Waals surface area contributed by atoms with Gasteiger partial charge in [-0.1, -0.05) is 35.3 Å². The van der Waals surface area contributed by atoms with Gasteiger partial charge in [0.15, 0.2) is 10.9 Å². The summed E-state index contributed by atoms with van der Waals surface area (Å²) in [5.74, 6) is 0.454. The van der Waals surface area contributed by atoms with Crippen molar-refractivity contribution >= 4 is 69.3 Å². The summed E-state index contributed by atoms with van der Waals surface area (Å²) < 4.78 is 6.94. The van der Waals surface area contributed by atoms with Gasteiger partial charge in [-0.25, -0.2) is 0 Å². The number of thiocarbonyl (C=S) groups is 1. The van der Waals surface area contributed by atoms with Gasteiger partial charge in [0.05, 0.1) is 16.3 Å². The minimum absolute atomic E-state index is 0.391. The summed E-state index contributed by atoms with van der Waals surface area (Å²) >= 11 is 19.9. The summed E-state index contributed by atoms with van der Waals surface area (Å²) in [5.41, 5.74) is 4.49. The minimum Gasteiger partial charge on any atom is -0.486 e. The Bertz CT molecular complexity index is 746. The molecule has 0 aliphatic carbocycles. The van der Waals surface area contributed by atoms with Gasteiger partial charge >= 0.3 is 0 Å². The van der Waals surface area contributed by atoms with Crippen molar-refractivity contribution in [1.82, 2.24) is 10.7 Å². The van der Waals surface area contributed by atoms with Gasteiger partial charge in [0.2, 0.25) is 0 Å². The van der Waals surface area contributed by atoms with Crippen molar-refractivity contribution in [2.45, 2.75) is 13.5 Å². The van der Waals surface area contributed by atoms with Gasteiger partial charge < -0.3 is 10.1 Å². The molecule has 2 N–H and O–H groups in total. The monoisotopic (exact) mass is 507 g/mol. The summed E-state index contributed by atoms with van der Waals surface area (Å²) in [7, 11) is 0. The molecule has 0 saturated heterocycles.